The first-order chi connectivity index (χ1) is 7.82. The van der Waals surface area contributed by atoms with Crippen molar-refractivity contribution < 1.29 is 9.53 Å². The van der Waals surface area contributed by atoms with Crippen molar-refractivity contribution in [3.63, 3.8) is 0 Å². The van der Waals surface area contributed by atoms with Crippen molar-refractivity contribution in [2.75, 3.05) is 0 Å². The van der Waals surface area contributed by atoms with Crippen LogP contribution in [0.1, 0.15) is 60.3 Å². The molecule has 1 unspecified atom stereocenters. The van der Waals surface area contributed by atoms with E-state index in [2.05, 4.69) is 33.0 Å². The fraction of sp³-hybridized carbons (Fsp3) is 0.929. The molecule has 0 aromatic rings. The van der Waals surface area contributed by atoms with Crippen LogP contribution in [0.5, 0.6) is 0 Å². The Balaban J connectivity index is 2.43. The van der Waals surface area contributed by atoms with Crippen LogP contribution in [0.4, 0.5) is 4.79 Å². The first-order valence-electron chi connectivity index (χ1n) is 6.79. The van der Waals surface area contributed by atoms with Crippen LogP contribution in [0, 0.1) is 11.3 Å². The van der Waals surface area contributed by atoms with Crippen molar-refractivity contribution in [3.8, 4) is 0 Å². The predicted octanol–water partition coefficient (Wildman–Crippen LogP) is 3.73. The molecule has 1 fully saturated rings. The van der Waals surface area contributed by atoms with Crippen molar-refractivity contribution in [1.29, 1.82) is 0 Å². The first kappa shape index (κ1) is 14.3. The van der Waals surface area contributed by atoms with E-state index in [4.69, 9.17) is 4.74 Å². The molecule has 100 valence electrons. The van der Waals surface area contributed by atoms with Crippen LogP contribution in [0.25, 0.3) is 0 Å². The molecule has 1 saturated carbocycles. The van der Waals surface area contributed by atoms with Crippen LogP contribution in [0.15, 0.2) is 0 Å². The Hall–Kier alpha value is -0.730. The highest BCUT2D eigenvalue weighted by Crippen LogP contribution is 2.39. The van der Waals surface area contributed by atoms with E-state index in [9.17, 15) is 4.79 Å². The maximum atomic E-state index is 11.7. The number of rotatable bonds is 3. The van der Waals surface area contributed by atoms with Crippen molar-refractivity contribution in [3.05, 3.63) is 0 Å². The molecular weight excluding hydrogens is 214 g/mol. The van der Waals surface area contributed by atoms with E-state index in [1.54, 1.807) is 0 Å². The van der Waals surface area contributed by atoms with Crippen molar-refractivity contribution in [2.45, 2.75) is 72.4 Å². The van der Waals surface area contributed by atoms with Crippen LogP contribution in [0.2, 0.25) is 0 Å². The Labute approximate surface area is 105 Å². The smallest absolute Gasteiger partial charge is 0.407 e. The van der Waals surface area contributed by atoms with Crippen molar-refractivity contribution in [2.24, 2.45) is 11.3 Å². The molecule has 0 spiro atoms. The largest absolute Gasteiger partial charge is 0.446 e. The minimum absolute atomic E-state index is 0.0813. The number of ether oxygens (including phenoxy) is 1. The third-order valence-electron chi connectivity index (χ3n) is 3.60. The minimum atomic E-state index is -0.255. The molecule has 1 N–H and O–H groups in total. The van der Waals surface area contributed by atoms with Crippen LogP contribution in [-0.2, 0) is 4.74 Å². The Morgan fingerprint density at radius 1 is 1.47 bits per heavy atom. The summed E-state index contributed by atoms with van der Waals surface area (Å²) in [5.74, 6) is 0.639. The average Bonchev–Trinajstić information content (AvgIpc) is 2.13. The summed E-state index contributed by atoms with van der Waals surface area (Å²) in [5.41, 5.74) is 0.291. The van der Waals surface area contributed by atoms with Crippen LogP contribution >= 0.6 is 0 Å². The van der Waals surface area contributed by atoms with Crippen molar-refractivity contribution >= 4 is 6.09 Å². The average molecular weight is 241 g/mol. The highest BCUT2D eigenvalue weighted by Gasteiger charge is 2.34. The van der Waals surface area contributed by atoms with Gasteiger partial charge in [0.25, 0.3) is 0 Å². The van der Waals surface area contributed by atoms with Gasteiger partial charge in [-0.15, -0.1) is 0 Å². The van der Waals surface area contributed by atoms with E-state index in [0.29, 0.717) is 11.3 Å². The Kier molecular flexibility index (Phi) is 4.84. The normalized spacial score (nSPS) is 29.5. The molecule has 0 bridgehead atoms. The zero-order chi connectivity index (χ0) is 13.1. The molecule has 0 aliphatic heterocycles. The summed E-state index contributed by atoms with van der Waals surface area (Å²) in [6, 6.07) is 0.191. The van der Waals surface area contributed by atoms with Gasteiger partial charge in [0.2, 0.25) is 0 Å². The molecule has 1 amide bonds. The third-order valence-corrected chi connectivity index (χ3v) is 3.60. The number of amides is 1. The van der Waals surface area contributed by atoms with Crippen LogP contribution in [0.3, 0.4) is 0 Å². The van der Waals surface area contributed by atoms with E-state index < -0.39 is 0 Å². The predicted molar refractivity (Wildman–Crippen MR) is 70.0 cm³/mol. The monoisotopic (exact) mass is 241 g/mol. The summed E-state index contributed by atoms with van der Waals surface area (Å²) in [6.45, 7) is 10.8. The minimum Gasteiger partial charge on any atom is -0.446 e. The van der Waals surface area contributed by atoms with Gasteiger partial charge in [0.1, 0.15) is 6.10 Å². The van der Waals surface area contributed by atoms with E-state index in [-0.39, 0.29) is 18.2 Å². The summed E-state index contributed by atoms with van der Waals surface area (Å²) in [6.07, 6.45) is 3.96. The van der Waals surface area contributed by atoms with E-state index in [1.807, 2.05) is 6.92 Å². The van der Waals surface area contributed by atoms with Crippen molar-refractivity contribution in [1.82, 2.24) is 5.32 Å². The summed E-state index contributed by atoms with van der Waals surface area (Å²) in [5, 5.41) is 2.86. The second-order valence-electron chi connectivity index (χ2n) is 6.39. The van der Waals surface area contributed by atoms with Gasteiger partial charge in [-0.1, -0.05) is 27.7 Å². The summed E-state index contributed by atoms with van der Waals surface area (Å²) >= 11 is 0. The topological polar surface area (TPSA) is 38.3 Å². The molecule has 3 atom stereocenters. The molecule has 0 saturated heterocycles. The van der Waals surface area contributed by atoms with Gasteiger partial charge in [-0.3, -0.25) is 0 Å². The second kappa shape index (κ2) is 5.74. The van der Waals surface area contributed by atoms with Crippen LogP contribution in [-0.4, -0.2) is 18.2 Å². The van der Waals surface area contributed by atoms with Gasteiger partial charge in [0, 0.05) is 6.04 Å². The maximum absolute atomic E-state index is 11.7. The van der Waals surface area contributed by atoms with Crippen LogP contribution < -0.4 is 5.32 Å². The summed E-state index contributed by atoms with van der Waals surface area (Å²) in [4.78, 5) is 11.7. The number of alkyl carbamates (subject to hydrolysis) is 1. The quantitative estimate of drug-likeness (QED) is 0.817. The molecule has 0 heterocycles. The number of hydrogen-bond acceptors (Lipinski definition) is 2. The lowest BCUT2D eigenvalue weighted by atomic mass is 9.71. The molecule has 17 heavy (non-hydrogen) atoms. The third kappa shape index (κ3) is 4.97. The van der Waals surface area contributed by atoms with E-state index in [0.717, 1.165) is 19.3 Å². The molecule has 0 radical (unpaired) electrons. The van der Waals surface area contributed by atoms with Gasteiger partial charge in [-0.2, -0.15) is 0 Å². The molecule has 0 aromatic heterocycles. The molecular formula is C14H27NO2. The molecule has 1 aliphatic rings. The first-order valence-corrected chi connectivity index (χ1v) is 6.79. The molecule has 3 nitrogen and oxygen atoms in total. The SMILES string of the molecule is CCC(C)NC(=O)O[C@@H]1C[C@@H](C)CC(C)(C)C1. The van der Waals surface area contributed by atoms with E-state index in [1.165, 1.54) is 6.42 Å². The molecule has 1 rings (SSSR count). The number of carbonyl (C=O) groups excluding carboxylic acids is 1. The number of nitrogens with one attached hydrogen (secondary N) is 1. The zero-order valence-corrected chi connectivity index (χ0v) is 11.9. The summed E-state index contributed by atoms with van der Waals surface area (Å²) in [7, 11) is 0. The molecule has 3 heteroatoms. The van der Waals surface area contributed by atoms with Gasteiger partial charge in [-0.25, -0.2) is 4.79 Å². The van der Waals surface area contributed by atoms with Gasteiger partial charge >= 0.3 is 6.09 Å². The Morgan fingerprint density at radius 3 is 2.65 bits per heavy atom. The number of hydrogen-bond donors (Lipinski definition) is 1. The lowest BCUT2D eigenvalue weighted by Gasteiger charge is -2.38. The van der Waals surface area contributed by atoms with Gasteiger partial charge in [0.05, 0.1) is 0 Å². The summed E-state index contributed by atoms with van der Waals surface area (Å²) < 4.78 is 5.52. The van der Waals surface area contributed by atoms with E-state index >= 15 is 0 Å². The highest BCUT2D eigenvalue weighted by atomic mass is 16.6. The second-order valence-corrected chi connectivity index (χ2v) is 6.39. The zero-order valence-electron chi connectivity index (χ0n) is 11.9. The van der Waals surface area contributed by atoms with Gasteiger partial charge in [-0.05, 0) is 43.9 Å². The standard InChI is InChI=1S/C14H27NO2/c1-6-11(3)15-13(16)17-12-7-10(2)8-14(4,5)9-12/h10-12H,6-9H2,1-5H3,(H,15,16)/t10-,11?,12-/m1/s1. The Bertz CT molecular complexity index is 263. The lowest BCUT2D eigenvalue weighted by Crippen LogP contribution is -2.39. The highest BCUT2D eigenvalue weighted by molar-refractivity contribution is 5.67. The fourth-order valence-electron chi connectivity index (χ4n) is 2.84. The maximum Gasteiger partial charge on any atom is 0.407 e. The van der Waals surface area contributed by atoms with Gasteiger partial charge < -0.3 is 10.1 Å². The lowest BCUT2D eigenvalue weighted by molar-refractivity contribution is 0.0177. The van der Waals surface area contributed by atoms with Gasteiger partial charge in [0.15, 0.2) is 0 Å². The molecule has 1 aliphatic carbocycles. The Morgan fingerprint density at radius 2 is 2.12 bits per heavy atom. The fourth-order valence-corrected chi connectivity index (χ4v) is 2.84. The number of carbonyl (C=O) groups is 1. The molecule has 0 aromatic carbocycles.